The van der Waals surface area contributed by atoms with Crippen molar-refractivity contribution in [1.82, 2.24) is 16.0 Å². The van der Waals surface area contributed by atoms with Gasteiger partial charge in [0.05, 0.1) is 0 Å². The van der Waals surface area contributed by atoms with E-state index in [1.807, 2.05) is 0 Å². The molecular formula is C37H73N5. The zero-order valence-electron chi connectivity index (χ0n) is 28.7. The van der Waals surface area contributed by atoms with Gasteiger partial charge in [-0.1, -0.05) is 34.6 Å². The van der Waals surface area contributed by atoms with Crippen molar-refractivity contribution in [3.63, 3.8) is 0 Å². The Labute approximate surface area is 261 Å². The van der Waals surface area contributed by atoms with Crippen molar-refractivity contribution in [3.8, 4) is 0 Å². The van der Waals surface area contributed by atoms with Crippen LogP contribution in [-0.2, 0) is 0 Å². The van der Waals surface area contributed by atoms with Crippen molar-refractivity contribution in [2.24, 2.45) is 63.7 Å². The molecule has 0 bridgehead atoms. The Bertz CT molecular complexity index is 773. The molecule has 246 valence electrons. The van der Waals surface area contributed by atoms with Crippen LogP contribution in [0.5, 0.6) is 0 Å². The average Bonchev–Trinajstić information content (AvgIpc) is 3.33. The normalized spacial score (nSPS) is 37.7. The van der Waals surface area contributed by atoms with Crippen LogP contribution in [0.2, 0.25) is 0 Å². The number of unbranched alkanes of at least 4 members (excludes halogenated alkanes) is 1. The molecule has 4 fully saturated rings. The largest absolute Gasteiger partial charge is 0.330 e. The number of hydrogen-bond acceptors (Lipinski definition) is 5. The van der Waals surface area contributed by atoms with Gasteiger partial charge < -0.3 is 27.4 Å². The summed E-state index contributed by atoms with van der Waals surface area (Å²) in [4.78, 5) is 0. The summed E-state index contributed by atoms with van der Waals surface area (Å²) in [5.74, 6) is 6.27. The first-order valence-corrected chi connectivity index (χ1v) is 18.8. The number of rotatable bonds is 18. The molecule has 10 atom stereocenters. The van der Waals surface area contributed by atoms with Gasteiger partial charge in [0.1, 0.15) is 0 Å². The molecule has 4 aliphatic carbocycles. The Kier molecular flexibility index (Phi) is 13.5. The third-order valence-electron chi connectivity index (χ3n) is 13.7. The zero-order chi connectivity index (χ0) is 30.2. The summed E-state index contributed by atoms with van der Waals surface area (Å²) < 4.78 is 0. The van der Waals surface area contributed by atoms with Gasteiger partial charge in [-0.05, 0) is 188 Å². The van der Waals surface area contributed by atoms with Crippen molar-refractivity contribution in [3.05, 3.63) is 0 Å². The van der Waals surface area contributed by atoms with Gasteiger partial charge in [0, 0.05) is 12.1 Å². The number of nitrogens with two attached hydrogens (primary N) is 2. The summed E-state index contributed by atoms with van der Waals surface area (Å²) in [5, 5.41) is 11.1. The van der Waals surface area contributed by atoms with Crippen molar-refractivity contribution in [2.45, 2.75) is 143 Å². The molecule has 0 aromatic carbocycles. The highest BCUT2D eigenvalue weighted by molar-refractivity contribution is 5.10. The molecule has 4 aliphatic rings. The minimum atomic E-state index is 0.374. The van der Waals surface area contributed by atoms with Gasteiger partial charge >= 0.3 is 0 Å². The number of nitrogens with one attached hydrogen (secondary N) is 3. The summed E-state index contributed by atoms with van der Waals surface area (Å²) in [6.07, 6.45) is 20.7. The van der Waals surface area contributed by atoms with Crippen LogP contribution in [0.15, 0.2) is 0 Å². The first-order valence-electron chi connectivity index (χ1n) is 18.8. The lowest BCUT2D eigenvalue weighted by molar-refractivity contribution is -0.118. The minimum Gasteiger partial charge on any atom is -0.330 e. The van der Waals surface area contributed by atoms with Gasteiger partial charge in [0.25, 0.3) is 0 Å². The zero-order valence-corrected chi connectivity index (χ0v) is 28.7. The molecule has 0 aliphatic heterocycles. The van der Waals surface area contributed by atoms with Crippen LogP contribution in [0.25, 0.3) is 0 Å². The Morgan fingerprint density at radius 3 is 2.10 bits per heavy atom. The van der Waals surface area contributed by atoms with Crippen LogP contribution in [0.4, 0.5) is 0 Å². The van der Waals surface area contributed by atoms with Gasteiger partial charge in [0.2, 0.25) is 0 Å². The Morgan fingerprint density at radius 1 is 0.714 bits per heavy atom. The summed E-state index contributed by atoms with van der Waals surface area (Å²) >= 11 is 0. The van der Waals surface area contributed by atoms with Crippen molar-refractivity contribution < 1.29 is 0 Å². The third kappa shape index (κ3) is 8.33. The second-order valence-electron chi connectivity index (χ2n) is 16.5. The third-order valence-corrected chi connectivity index (χ3v) is 13.7. The predicted molar refractivity (Wildman–Crippen MR) is 181 cm³/mol. The maximum Gasteiger partial charge on any atom is 0.00701 e. The van der Waals surface area contributed by atoms with E-state index in [0.717, 1.165) is 80.7 Å². The molecule has 0 spiro atoms. The van der Waals surface area contributed by atoms with Gasteiger partial charge in [-0.2, -0.15) is 0 Å². The van der Waals surface area contributed by atoms with Gasteiger partial charge in [0.15, 0.2) is 0 Å². The fourth-order valence-electron chi connectivity index (χ4n) is 10.9. The van der Waals surface area contributed by atoms with Crippen LogP contribution in [0, 0.1) is 52.3 Å². The van der Waals surface area contributed by atoms with Crippen LogP contribution in [0.3, 0.4) is 0 Å². The SMILES string of the molecule is CC(C)C(N)CC[C@H](C)[C@H]1CCC2C3CCC4C[C@@H](NCCCNCCCCNCCCN)CC[C@]4(C)C3CC[C@@]21C. The molecule has 0 heterocycles. The molecule has 7 N–H and O–H groups in total. The van der Waals surface area contributed by atoms with E-state index in [1.165, 1.54) is 96.4 Å². The molecule has 0 amide bonds. The van der Waals surface area contributed by atoms with E-state index in [2.05, 4.69) is 50.6 Å². The molecule has 5 heteroatoms. The average molecular weight is 588 g/mol. The van der Waals surface area contributed by atoms with Crippen molar-refractivity contribution in [2.75, 3.05) is 39.3 Å². The molecule has 42 heavy (non-hydrogen) atoms. The van der Waals surface area contributed by atoms with Crippen LogP contribution in [0.1, 0.15) is 131 Å². The monoisotopic (exact) mass is 588 g/mol. The van der Waals surface area contributed by atoms with Crippen molar-refractivity contribution in [1.29, 1.82) is 0 Å². The fraction of sp³-hybridized carbons (Fsp3) is 1.00. The molecule has 0 aromatic heterocycles. The Hall–Kier alpha value is -0.200. The van der Waals surface area contributed by atoms with Crippen molar-refractivity contribution >= 4 is 0 Å². The van der Waals surface area contributed by atoms with Gasteiger partial charge in [-0.25, -0.2) is 0 Å². The second-order valence-corrected chi connectivity index (χ2v) is 16.5. The molecule has 0 aromatic rings. The second kappa shape index (κ2) is 16.4. The molecule has 0 saturated heterocycles. The quantitative estimate of drug-likeness (QED) is 0.115. The van der Waals surface area contributed by atoms with E-state index < -0.39 is 0 Å². The molecule has 5 unspecified atom stereocenters. The topological polar surface area (TPSA) is 88.1 Å². The van der Waals surface area contributed by atoms with E-state index >= 15 is 0 Å². The van der Waals surface area contributed by atoms with E-state index in [4.69, 9.17) is 11.5 Å². The van der Waals surface area contributed by atoms with E-state index in [1.54, 1.807) is 0 Å². The highest BCUT2D eigenvalue weighted by atomic mass is 14.9. The van der Waals surface area contributed by atoms with E-state index in [-0.39, 0.29) is 0 Å². The lowest BCUT2D eigenvalue weighted by atomic mass is 9.44. The molecule has 5 nitrogen and oxygen atoms in total. The fourth-order valence-corrected chi connectivity index (χ4v) is 10.9. The molecule has 0 radical (unpaired) electrons. The van der Waals surface area contributed by atoms with E-state index in [0.29, 0.717) is 22.8 Å². The summed E-state index contributed by atoms with van der Waals surface area (Å²) in [6.45, 7) is 19.1. The lowest BCUT2D eigenvalue weighted by Crippen LogP contribution is -2.55. The minimum absolute atomic E-state index is 0.374. The first-order chi connectivity index (χ1) is 20.2. The maximum absolute atomic E-state index is 6.47. The maximum atomic E-state index is 6.47. The molecule has 4 rings (SSSR count). The van der Waals surface area contributed by atoms with Gasteiger partial charge in [-0.3, -0.25) is 0 Å². The predicted octanol–water partition coefficient (Wildman–Crippen LogP) is 6.70. The smallest absolute Gasteiger partial charge is 0.00701 e. The molecular weight excluding hydrogens is 514 g/mol. The number of hydrogen-bond donors (Lipinski definition) is 5. The first kappa shape index (κ1) is 34.7. The standard InChI is InChI=1S/C37H73N5/c1-27(2)35(39)15-10-28(3)32-13-14-33-31-12-11-29-26-30(16-18-36(29,4)34(31)17-19-37(32,33)5)42-25-9-24-41-22-7-6-21-40-23-8-20-38/h27-35,40-42H,6-26,38-39H2,1-5H3/t28-,29?,30-,31?,32+,33?,34?,35?,36-,37+/m0/s1. The number of fused-ring (bicyclic) bond motifs is 5. The Balaban J connectivity index is 1.17. The van der Waals surface area contributed by atoms with Gasteiger partial charge in [-0.15, -0.1) is 0 Å². The van der Waals surface area contributed by atoms with E-state index in [9.17, 15) is 0 Å². The summed E-state index contributed by atoms with van der Waals surface area (Å²) in [5.41, 5.74) is 13.2. The lowest BCUT2D eigenvalue weighted by Gasteiger charge is -2.61. The van der Waals surface area contributed by atoms with Crippen LogP contribution >= 0.6 is 0 Å². The summed E-state index contributed by atoms with van der Waals surface area (Å²) in [7, 11) is 0. The highest BCUT2D eigenvalue weighted by Crippen LogP contribution is 2.68. The highest BCUT2D eigenvalue weighted by Gasteiger charge is 2.60. The summed E-state index contributed by atoms with van der Waals surface area (Å²) in [6, 6.07) is 1.13. The van der Waals surface area contributed by atoms with Crippen LogP contribution in [-0.4, -0.2) is 51.4 Å². The molecule has 4 saturated carbocycles. The van der Waals surface area contributed by atoms with Crippen LogP contribution < -0.4 is 27.4 Å². The Morgan fingerprint density at radius 2 is 1.38 bits per heavy atom.